The van der Waals surface area contributed by atoms with Gasteiger partial charge in [0.25, 0.3) is 0 Å². The third-order valence-corrected chi connectivity index (χ3v) is 4.24. The van der Waals surface area contributed by atoms with Gasteiger partial charge >= 0.3 is 0 Å². The molecule has 2 N–H and O–H groups in total. The van der Waals surface area contributed by atoms with E-state index in [1.54, 1.807) is 11.3 Å². The molecule has 0 bridgehead atoms. The van der Waals surface area contributed by atoms with Crippen LogP contribution in [-0.2, 0) is 6.54 Å². The molecule has 0 aromatic carbocycles. The van der Waals surface area contributed by atoms with Gasteiger partial charge in [-0.25, -0.2) is 4.98 Å². The Morgan fingerprint density at radius 3 is 3.14 bits per heavy atom. The predicted molar refractivity (Wildman–Crippen MR) is 64.2 cm³/mol. The molecule has 0 unspecified atom stereocenters. The molecule has 0 atom stereocenters. The van der Waals surface area contributed by atoms with Gasteiger partial charge in [0, 0.05) is 30.8 Å². The van der Waals surface area contributed by atoms with Crippen LogP contribution in [0.3, 0.4) is 0 Å². The average Bonchev–Trinajstić information content (AvgIpc) is 2.53. The molecule has 1 aromatic heterocycles. The number of hydrogen-bond donors (Lipinski definition) is 1. The lowest BCUT2D eigenvalue weighted by Gasteiger charge is -2.18. The minimum Gasteiger partial charge on any atom is -0.347 e. The average molecular weight is 229 g/mol. The Bertz CT molecular complexity index is 279. The van der Waals surface area contributed by atoms with Crippen LogP contribution < -0.4 is 10.6 Å². The number of rotatable bonds is 2. The van der Waals surface area contributed by atoms with E-state index in [0.29, 0.717) is 6.54 Å². The van der Waals surface area contributed by atoms with Crippen molar-refractivity contribution in [3.05, 3.63) is 11.1 Å². The van der Waals surface area contributed by atoms with Gasteiger partial charge in [0.05, 0.1) is 5.69 Å². The van der Waals surface area contributed by atoms with E-state index in [2.05, 4.69) is 15.3 Å². The first-order chi connectivity index (χ1) is 6.90. The first-order valence-corrected chi connectivity index (χ1v) is 6.91. The molecule has 1 aromatic rings. The Hall–Kier alpha value is -0.260. The molecule has 2 rings (SSSR count). The fourth-order valence-electron chi connectivity index (χ4n) is 1.47. The third kappa shape index (κ3) is 2.40. The van der Waals surface area contributed by atoms with Gasteiger partial charge in [0.1, 0.15) is 0 Å². The standard InChI is InChI=1S/C9H15N3S2/c10-6-8-7-14-9(11-8)12-2-1-4-13-5-3-12/h7H,1-6,10H2. The molecule has 1 fully saturated rings. The molecule has 0 radical (unpaired) electrons. The molecule has 1 aliphatic heterocycles. The number of aromatic nitrogens is 1. The molecule has 0 aliphatic carbocycles. The maximum absolute atomic E-state index is 5.55. The van der Waals surface area contributed by atoms with Crippen molar-refractivity contribution < 1.29 is 0 Å². The van der Waals surface area contributed by atoms with Crippen molar-refractivity contribution in [2.45, 2.75) is 13.0 Å². The van der Waals surface area contributed by atoms with Crippen LogP contribution in [0, 0.1) is 0 Å². The first kappa shape index (κ1) is 10.3. The van der Waals surface area contributed by atoms with E-state index in [4.69, 9.17) is 5.73 Å². The number of hydrogen-bond acceptors (Lipinski definition) is 5. The molecule has 5 heteroatoms. The van der Waals surface area contributed by atoms with Crippen LogP contribution in [0.15, 0.2) is 5.38 Å². The van der Waals surface area contributed by atoms with Crippen molar-refractivity contribution in [1.82, 2.24) is 4.98 Å². The molecule has 0 saturated carbocycles. The Morgan fingerprint density at radius 1 is 1.43 bits per heavy atom. The summed E-state index contributed by atoms with van der Waals surface area (Å²) >= 11 is 3.75. The van der Waals surface area contributed by atoms with Crippen LogP contribution in [0.5, 0.6) is 0 Å². The monoisotopic (exact) mass is 229 g/mol. The summed E-state index contributed by atoms with van der Waals surface area (Å²) in [6.07, 6.45) is 1.27. The fourth-order valence-corrected chi connectivity index (χ4v) is 3.25. The maximum Gasteiger partial charge on any atom is 0.185 e. The van der Waals surface area contributed by atoms with Crippen LogP contribution in [0.4, 0.5) is 5.13 Å². The Balaban J connectivity index is 2.04. The molecular weight excluding hydrogens is 214 g/mol. The van der Waals surface area contributed by atoms with Gasteiger partial charge in [0.2, 0.25) is 0 Å². The van der Waals surface area contributed by atoms with Crippen molar-refractivity contribution in [1.29, 1.82) is 0 Å². The van der Waals surface area contributed by atoms with Gasteiger partial charge in [-0.3, -0.25) is 0 Å². The molecule has 2 heterocycles. The van der Waals surface area contributed by atoms with E-state index in [0.717, 1.165) is 23.9 Å². The smallest absolute Gasteiger partial charge is 0.185 e. The second-order valence-electron chi connectivity index (χ2n) is 3.28. The van der Waals surface area contributed by atoms with Gasteiger partial charge in [-0.2, -0.15) is 11.8 Å². The van der Waals surface area contributed by atoms with Gasteiger partial charge in [0.15, 0.2) is 5.13 Å². The molecule has 1 aliphatic rings. The van der Waals surface area contributed by atoms with Crippen LogP contribution in [0.25, 0.3) is 0 Å². The Labute approximate surface area is 92.7 Å². The van der Waals surface area contributed by atoms with Gasteiger partial charge < -0.3 is 10.6 Å². The summed E-state index contributed by atoms with van der Waals surface area (Å²) in [7, 11) is 0. The van der Waals surface area contributed by atoms with E-state index in [1.807, 2.05) is 11.8 Å². The highest BCUT2D eigenvalue weighted by Crippen LogP contribution is 2.23. The summed E-state index contributed by atoms with van der Waals surface area (Å²) in [5.41, 5.74) is 6.56. The second kappa shape index (κ2) is 5.00. The lowest BCUT2D eigenvalue weighted by atomic mass is 10.4. The van der Waals surface area contributed by atoms with E-state index in [9.17, 15) is 0 Å². The summed E-state index contributed by atoms with van der Waals surface area (Å²) < 4.78 is 0. The highest BCUT2D eigenvalue weighted by molar-refractivity contribution is 7.99. The Morgan fingerprint density at radius 2 is 2.36 bits per heavy atom. The minimum absolute atomic E-state index is 0.555. The molecule has 0 spiro atoms. The van der Waals surface area contributed by atoms with Gasteiger partial charge in [-0.1, -0.05) is 0 Å². The first-order valence-electron chi connectivity index (χ1n) is 4.87. The quantitative estimate of drug-likeness (QED) is 0.835. The largest absolute Gasteiger partial charge is 0.347 e. The SMILES string of the molecule is NCc1csc(N2CCCSCC2)n1. The van der Waals surface area contributed by atoms with E-state index in [-0.39, 0.29) is 0 Å². The zero-order valence-electron chi connectivity index (χ0n) is 8.11. The van der Waals surface area contributed by atoms with Crippen LogP contribution in [-0.4, -0.2) is 29.6 Å². The van der Waals surface area contributed by atoms with Crippen molar-refractivity contribution in [3.8, 4) is 0 Å². The zero-order chi connectivity index (χ0) is 9.80. The lowest BCUT2D eigenvalue weighted by molar-refractivity contribution is 0.807. The number of anilines is 1. The summed E-state index contributed by atoms with van der Waals surface area (Å²) in [5, 5.41) is 3.21. The topological polar surface area (TPSA) is 42.1 Å². The number of thiazole rings is 1. The van der Waals surface area contributed by atoms with Crippen LogP contribution >= 0.6 is 23.1 Å². The highest BCUT2D eigenvalue weighted by Gasteiger charge is 2.12. The van der Waals surface area contributed by atoms with Crippen molar-refractivity contribution in [3.63, 3.8) is 0 Å². The molecule has 78 valence electrons. The van der Waals surface area contributed by atoms with Crippen molar-refractivity contribution in [2.24, 2.45) is 5.73 Å². The number of thioether (sulfide) groups is 1. The second-order valence-corrected chi connectivity index (χ2v) is 5.34. The van der Waals surface area contributed by atoms with Crippen molar-refractivity contribution in [2.75, 3.05) is 29.5 Å². The Kier molecular flexibility index (Phi) is 3.67. The molecule has 0 amide bonds. The highest BCUT2D eigenvalue weighted by atomic mass is 32.2. The summed E-state index contributed by atoms with van der Waals surface area (Å²) in [6.45, 7) is 2.83. The molecule has 1 saturated heterocycles. The van der Waals surface area contributed by atoms with Crippen LogP contribution in [0.2, 0.25) is 0 Å². The normalized spacial score (nSPS) is 18.2. The van der Waals surface area contributed by atoms with E-state index >= 15 is 0 Å². The predicted octanol–water partition coefficient (Wildman–Crippen LogP) is 1.55. The molecular formula is C9H15N3S2. The number of nitrogens with zero attached hydrogens (tertiary/aromatic N) is 2. The summed E-state index contributed by atoms with van der Waals surface area (Å²) in [6, 6.07) is 0. The van der Waals surface area contributed by atoms with Gasteiger partial charge in [-0.15, -0.1) is 11.3 Å². The summed E-state index contributed by atoms with van der Waals surface area (Å²) in [5.74, 6) is 2.50. The minimum atomic E-state index is 0.555. The summed E-state index contributed by atoms with van der Waals surface area (Å²) in [4.78, 5) is 6.88. The number of nitrogens with two attached hydrogens (primary N) is 1. The molecule has 3 nitrogen and oxygen atoms in total. The fraction of sp³-hybridized carbons (Fsp3) is 0.667. The van der Waals surface area contributed by atoms with Crippen molar-refractivity contribution >= 4 is 28.2 Å². The van der Waals surface area contributed by atoms with Crippen LogP contribution in [0.1, 0.15) is 12.1 Å². The van der Waals surface area contributed by atoms with Gasteiger partial charge in [-0.05, 0) is 12.2 Å². The molecule has 14 heavy (non-hydrogen) atoms. The van der Waals surface area contributed by atoms with E-state index in [1.165, 1.54) is 17.9 Å². The lowest BCUT2D eigenvalue weighted by Crippen LogP contribution is -2.25. The zero-order valence-corrected chi connectivity index (χ0v) is 9.74. The maximum atomic E-state index is 5.55. The van der Waals surface area contributed by atoms with E-state index < -0.39 is 0 Å². The third-order valence-electron chi connectivity index (χ3n) is 2.24.